The molecule has 3 aromatic rings. The number of pyridine rings is 1. The van der Waals surface area contributed by atoms with Gasteiger partial charge in [0, 0.05) is 12.7 Å². The third-order valence-corrected chi connectivity index (χ3v) is 6.56. The van der Waals surface area contributed by atoms with Gasteiger partial charge < -0.3 is 19.8 Å². The molecular formula is C29H30FN3O5. The number of carboxylic acids is 2. The van der Waals surface area contributed by atoms with E-state index in [9.17, 15) is 9.65 Å². The summed E-state index contributed by atoms with van der Waals surface area (Å²) in [5.41, 5.74) is 0.677. The number of likely N-dealkylation sites (tertiary alicyclic amines) is 1. The van der Waals surface area contributed by atoms with Crippen LogP contribution in [-0.4, -0.2) is 58.3 Å². The first-order chi connectivity index (χ1) is 18.4. The predicted octanol–water partition coefficient (Wildman–Crippen LogP) is 4.37. The van der Waals surface area contributed by atoms with Crippen molar-refractivity contribution in [3.8, 4) is 11.8 Å². The van der Waals surface area contributed by atoms with E-state index in [2.05, 4.69) is 16.0 Å². The molecule has 1 aliphatic heterocycles. The van der Waals surface area contributed by atoms with Crippen LogP contribution < -0.4 is 4.74 Å². The van der Waals surface area contributed by atoms with E-state index >= 15 is 0 Å². The Morgan fingerprint density at radius 1 is 1.00 bits per heavy atom. The smallest absolute Gasteiger partial charge is 0.414 e. The standard InChI is InChI=1S/C27H28FN3O.C2H2O4/c28-24-12-10-22(11-13-24)27(21-29,26-9-4-5-16-30-26)23-14-18-31(19-15-23)17-6-20-32-25-7-2-1-3-8-25;3-1(4)2(5)6/h1-5,7-13,16,23H,6,14-15,17-20H2;(H,3,4)(H,5,6). The van der Waals surface area contributed by atoms with Crippen LogP contribution >= 0.6 is 0 Å². The van der Waals surface area contributed by atoms with Crippen LogP contribution in [0.5, 0.6) is 5.75 Å². The second kappa shape index (κ2) is 13.9. The number of aliphatic carboxylic acids is 2. The van der Waals surface area contributed by atoms with E-state index in [0.29, 0.717) is 6.61 Å². The summed E-state index contributed by atoms with van der Waals surface area (Å²) in [6.07, 6.45) is 4.47. The molecule has 0 radical (unpaired) electrons. The molecule has 1 aromatic heterocycles. The minimum Gasteiger partial charge on any atom is -0.494 e. The number of halogens is 1. The highest BCUT2D eigenvalue weighted by Crippen LogP contribution is 2.43. The Labute approximate surface area is 220 Å². The lowest BCUT2D eigenvalue weighted by Crippen LogP contribution is -2.44. The molecule has 1 saturated heterocycles. The summed E-state index contributed by atoms with van der Waals surface area (Å²) in [4.78, 5) is 25.2. The number of aromatic nitrogens is 1. The summed E-state index contributed by atoms with van der Waals surface area (Å²) in [6, 6.07) is 24.5. The van der Waals surface area contributed by atoms with Gasteiger partial charge in [0.15, 0.2) is 0 Å². The van der Waals surface area contributed by atoms with Crippen LogP contribution in [0.4, 0.5) is 4.39 Å². The molecule has 4 rings (SSSR count). The molecule has 2 N–H and O–H groups in total. The molecule has 198 valence electrons. The lowest BCUT2D eigenvalue weighted by molar-refractivity contribution is -0.159. The van der Waals surface area contributed by atoms with Crippen molar-refractivity contribution in [2.24, 2.45) is 5.92 Å². The normalized spacial score (nSPS) is 15.3. The quantitative estimate of drug-likeness (QED) is 0.332. The Bertz CT molecular complexity index is 1200. The van der Waals surface area contributed by atoms with E-state index in [1.165, 1.54) is 12.1 Å². The lowest BCUT2D eigenvalue weighted by Gasteiger charge is -2.40. The first kappa shape index (κ1) is 28.3. The predicted molar refractivity (Wildman–Crippen MR) is 138 cm³/mol. The number of hydrogen-bond acceptors (Lipinski definition) is 6. The number of nitriles is 1. The number of ether oxygens (including phenoxy) is 1. The maximum absolute atomic E-state index is 13.6. The summed E-state index contributed by atoms with van der Waals surface area (Å²) >= 11 is 0. The summed E-state index contributed by atoms with van der Waals surface area (Å²) in [5, 5.41) is 25.2. The molecule has 1 fully saturated rings. The van der Waals surface area contributed by atoms with Gasteiger partial charge in [0.2, 0.25) is 0 Å². The molecular weight excluding hydrogens is 489 g/mol. The Morgan fingerprint density at radius 3 is 2.18 bits per heavy atom. The molecule has 0 bridgehead atoms. The first-order valence-corrected chi connectivity index (χ1v) is 12.3. The number of rotatable bonds is 8. The topological polar surface area (TPSA) is 124 Å². The Morgan fingerprint density at radius 2 is 1.63 bits per heavy atom. The Hall–Kier alpha value is -4.29. The van der Waals surface area contributed by atoms with Gasteiger partial charge in [-0.3, -0.25) is 4.98 Å². The number of hydrogen-bond donors (Lipinski definition) is 2. The van der Waals surface area contributed by atoms with Gasteiger partial charge in [-0.05, 0) is 80.2 Å². The zero-order chi connectivity index (χ0) is 27.4. The summed E-state index contributed by atoms with van der Waals surface area (Å²) in [7, 11) is 0. The van der Waals surface area contributed by atoms with Crippen molar-refractivity contribution in [1.82, 2.24) is 9.88 Å². The SMILES string of the molecule is N#CC(c1ccc(F)cc1)(c1ccccn1)C1CCN(CCCOc2ccccc2)CC1.O=C(O)C(=O)O. The van der Waals surface area contributed by atoms with Crippen molar-refractivity contribution in [1.29, 1.82) is 5.26 Å². The monoisotopic (exact) mass is 519 g/mol. The van der Waals surface area contributed by atoms with E-state index < -0.39 is 17.4 Å². The van der Waals surface area contributed by atoms with Crippen molar-refractivity contribution in [2.45, 2.75) is 24.7 Å². The lowest BCUT2D eigenvalue weighted by atomic mass is 9.65. The third-order valence-electron chi connectivity index (χ3n) is 6.56. The number of para-hydroxylation sites is 1. The van der Waals surface area contributed by atoms with Gasteiger partial charge in [0.25, 0.3) is 0 Å². The number of carboxylic acid groups (broad SMARTS) is 2. The van der Waals surface area contributed by atoms with Gasteiger partial charge >= 0.3 is 11.9 Å². The fourth-order valence-electron chi connectivity index (χ4n) is 4.70. The highest BCUT2D eigenvalue weighted by Gasteiger charge is 2.44. The Kier molecular flexibility index (Phi) is 10.3. The molecule has 38 heavy (non-hydrogen) atoms. The van der Waals surface area contributed by atoms with Gasteiger partial charge in [-0.25, -0.2) is 14.0 Å². The highest BCUT2D eigenvalue weighted by atomic mass is 19.1. The van der Waals surface area contributed by atoms with Crippen LogP contribution in [0, 0.1) is 23.1 Å². The molecule has 1 unspecified atom stereocenters. The molecule has 0 aliphatic carbocycles. The van der Waals surface area contributed by atoms with Crippen molar-refractivity contribution < 1.29 is 28.9 Å². The van der Waals surface area contributed by atoms with E-state index in [1.54, 1.807) is 18.3 Å². The first-order valence-electron chi connectivity index (χ1n) is 12.3. The van der Waals surface area contributed by atoms with Crippen LogP contribution in [0.25, 0.3) is 0 Å². The largest absolute Gasteiger partial charge is 0.494 e. The third kappa shape index (κ3) is 7.37. The molecule has 9 heteroatoms. The number of piperidine rings is 1. The highest BCUT2D eigenvalue weighted by molar-refractivity contribution is 6.27. The molecule has 2 aromatic carbocycles. The van der Waals surface area contributed by atoms with Gasteiger partial charge in [-0.1, -0.05) is 36.4 Å². The molecule has 2 heterocycles. The van der Waals surface area contributed by atoms with E-state index in [4.69, 9.17) is 24.5 Å². The fraction of sp³-hybridized carbons (Fsp3) is 0.310. The van der Waals surface area contributed by atoms with E-state index in [0.717, 1.165) is 55.9 Å². The maximum atomic E-state index is 13.6. The minimum atomic E-state index is -1.82. The second-order valence-corrected chi connectivity index (χ2v) is 8.88. The Balaban J connectivity index is 0.000000599. The molecule has 0 saturated carbocycles. The number of nitrogens with zero attached hydrogens (tertiary/aromatic N) is 3. The van der Waals surface area contributed by atoms with Crippen molar-refractivity contribution >= 4 is 11.9 Å². The van der Waals surface area contributed by atoms with Crippen LogP contribution in [0.3, 0.4) is 0 Å². The zero-order valence-electron chi connectivity index (χ0n) is 20.9. The summed E-state index contributed by atoms with van der Waals surface area (Å²) in [5.74, 6) is -2.93. The number of carbonyl (C=O) groups is 2. The van der Waals surface area contributed by atoms with Crippen LogP contribution in [-0.2, 0) is 15.0 Å². The average Bonchev–Trinajstić information content (AvgIpc) is 2.95. The summed E-state index contributed by atoms with van der Waals surface area (Å²) in [6.45, 7) is 3.51. The van der Waals surface area contributed by atoms with Crippen molar-refractivity contribution in [2.75, 3.05) is 26.2 Å². The van der Waals surface area contributed by atoms with E-state index in [1.807, 2.05) is 48.5 Å². The zero-order valence-corrected chi connectivity index (χ0v) is 20.9. The minimum absolute atomic E-state index is 0.115. The molecule has 0 spiro atoms. The number of benzene rings is 2. The van der Waals surface area contributed by atoms with Gasteiger partial charge in [-0.2, -0.15) is 5.26 Å². The van der Waals surface area contributed by atoms with Gasteiger partial charge in [-0.15, -0.1) is 0 Å². The van der Waals surface area contributed by atoms with Crippen LogP contribution in [0.1, 0.15) is 30.5 Å². The molecule has 1 aliphatic rings. The molecule has 1 atom stereocenters. The molecule has 0 amide bonds. The van der Waals surface area contributed by atoms with Crippen molar-refractivity contribution in [3.63, 3.8) is 0 Å². The van der Waals surface area contributed by atoms with Gasteiger partial charge in [0.1, 0.15) is 17.0 Å². The fourth-order valence-corrected chi connectivity index (χ4v) is 4.70. The summed E-state index contributed by atoms with van der Waals surface area (Å²) < 4.78 is 19.4. The maximum Gasteiger partial charge on any atom is 0.414 e. The van der Waals surface area contributed by atoms with E-state index in [-0.39, 0.29) is 11.7 Å². The average molecular weight is 520 g/mol. The van der Waals surface area contributed by atoms with Gasteiger partial charge in [0.05, 0.1) is 18.4 Å². The van der Waals surface area contributed by atoms with Crippen LogP contribution in [0.2, 0.25) is 0 Å². The molecule has 8 nitrogen and oxygen atoms in total. The second-order valence-electron chi connectivity index (χ2n) is 8.88. The van der Waals surface area contributed by atoms with Crippen LogP contribution in [0.15, 0.2) is 79.0 Å². The van der Waals surface area contributed by atoms with Crippen molar-refractivity contribution in [3.05, 3.63) is 96.1 Å².